The van der Waals surface area contributed by atoms with Crippen LogP contribution >= 0.6 is 11.6 Å². The summed E-state index contributed by atoms with van der Waals surface area (Å²) in [6.07, 6.45) is 5.24. The first-order valence-corrected chi connectivity index (χ1v) is 5.77. The Bertz CT molecular complexity index is 455. The summed E-state index contributed by atoms with van der Waals surface area (Å²) in [4.78, 5) is 17.6. The van der Waals surface area contributed by atoms with Crippen molar-refractivity contribution in [3.63, 3.8) is 0 Å². The number of alkyl halides is 1. The van der Waals surface area contributed by atoms with Gasteiger partial charge in [0, 0.05) is 19.5 Å². The molecule has 2 rings (SSSR count). The maximum atomic E-state index is 5.65. The third-order valence-corrected chi connectivity index (χ3v) is 2.71. The Labute approximate surface area is 98.9 Å². The van der Waals surface area contributed by atoms with Crippen molar-refractivity contribution in [2.75, 3.05) is 24.4 Å². The second kappa shape index (κ2) is 5.12. The number of unbranched alkanes of at least 4 members (excludes halogenated alkanes) is 1. The molecule has 0 aliphatic carbocycles. The average molecular weight is 240 g/mol. The maximum absolute atomic E-state index is 5.65. The van der Waals surface area contributed by atoms with Crippen LogP contribution in [0.15, 0.2) is 12.7 Å². The molecular formula is C10H14ClN5. The summed E-state index contributed by atoms with van der Waals surface area (Å²) >= 11 is 5.65. The Morgan fingerprint density at radius 2 is 2.19 bits per heavy atom. The summed E-state index contributed by atoms with van der Waals surface area (Å²) < 4.78 is 0. The van der Waals surface area contributed by atoms with E-state index < -0.39 is 0 Å². The molecule has 2 aromatic heterocycles. The molecule has 0 aliphatic heterocycles. The Hall–Kier alpha value is -1.36. The van der Waals surface area contributed by atoms with Gasteiger partial charge in [0.25, 0.3) is 0 Å². The Morgan fingerprint density at radius 3 is 3.00 bits per heavy atom. The first-order chi connectivity index (χ1) is 7.83. The predicted octanol–water partition coefficient (Wildman–Crippen LogP) is 1.81. The van der Waals surface area contributed by atoms with Gasteiger partial charge in [0.15, 0.2) is 11.5 Å². The van der Waals surface area contributed by atoms with Crippen LogP contribution in [0, 0.1) is 0 Å². The van der Waals surface area contributed by atoms with Gasteiger partial charge in [-0.25, -0.2) is 15.0 Å². The SMILES string of the molecule is CN(CCCCCl)c1ncnc2nc[nH]c12. The summed E-state index contributed by atoms with van der Waals surface area (Å²) in [5.41, 5.74) is 1.59. The molecule has 1 N–H and O–H groups in total. The van der Waals surface area contributed by atoms with Crippen molar-refractivity contribution in [3.8, 4) is 0 Å². The lowest BCUT2D eigenvalue weighted by molar-refractivity contribution is 0.763. The number of imidazole rings is 1. The highest BCUT2D eigenvalue weighted by Crippen LogP contribution is 2.18. The van der Waals surface area contributed by atoms with E-state index in [1.807, 2.05) is 7.05 Å². The van der Waals surface area contributed by atoms with Crippen molar-refractivity contribution in [2.45, 2.75) is 12.8 Å². The molecule has 0 atom stereocenters. The monoisotopic (exact) mass is 239 g/mol. The largest absolute Gasteiger partial charge is 0.358 e. The Balaban J connectivity index is 2.15. The second-order valence-electron chi connectivity index (χ2n) is 3.62. The van der Waals surface area contributed by atoms with Crippen LogP contribution in [-0.2, 0) is 0 Å². The third-order valence-electron chi connectivity index (χ3n) is 2.44. The standard InChI is InChI=1S/C10H14ClN5/c1-16(5-3-2-4-11)10-8-9(13-6-12-8)14-7-15-10/h6-7H,2-5H2,1H3,(H,12,13,14,15). The van der Waals surface area contributed by atoms with Crippen LogP contribution in [0.4, 0.5) is 5.82 Å². The van der Waals surface area contributed by atoms with Crippen molar-refractivity contribution < 1.29 is 0 Å². The van der Waals surface area contributed by atoms with E-state index in [1.165, 1.54) is 6.33 Å². The van der Waals surface area contributed by atoms with E-state index in [2.05, 4.69) is 24.8 Å². The van der Waals surface area contributed by atoms with Crippen LogP contribution < -0.4 is 4.90 Å². The molecule has 2 heterocycles. The maximum Gasteiger partial charge on any atom is 0.182 e. The zero-order valence-electron chi connectivity index (χ0n) is 9.15. The van der Waals surface area contributed by atoms with Gasteiger partial charge in [-0.1, -0.05) is 0 Å². The Morgan fingerprint density at radius 1 is 1.31 bits per heavy atom. The van der Waals surface area contributed by atoms with Crippen molar-refractivity contribution in [2.24, 2.45) is 0 Å². The quantitative estimate of drug-likeness (QED) is 0.639. The molecular weight excluding hydrogens is 226 g/mol. The number of halogens is 1. The summed E-state index contributed by atoms with van der Waals surface area (Å²) in [5.74, 6) is 1.59. The number of rotatable bonds is 5. The van der Waals surface area contributed by atoms with E-state index in [4.69, 9.17) is 11.6 Å². The number of H-pyrrole nitrogens is 1. The lowest BCUT2D eigenvalue weighted by Crippen LogP contribution is -2.20. The molecule has 0 fully saturated rings. The van der Waals surface area contributed by atoms with Gasteiger partial charge in [0.05, 0.1) is 6.33 Å². The highest BCUT2D eigenvalue weighted by molar-refractivity contribution is 6.17. The lowest BCUT2D eigenvalue weighted by Gasteiger charge is -2.17. The average Bonchev–Trinajstić information content (AvgIpc) is 2.76. The zero-order valence-corrected chi connectivity index (χ0v) is 9.91. The molecule has 0 aromatic carbocycles. The smallest absolute Gasteiger partial charge is 0.182 e. The molecule has 2 aromatic rings. The van der Waals surface area contributed by atoms with Crippen molar-refractivity contribution in [1.82, 2.24) is 19.9 Å². The van der Waals surface area contributed by atoms with Gasteiger partial charge >= 0.3 is 0 Å². The predicted molar refractivity (Wildman–Crippen MR) is 64.9 cm³/mol. The van der Waals surface area contributed by atoms with E-state index in [1.54, 1.807) is 6.33 Å². The summed E-state index contributed by atoms with van der Waals surface area (Å²) in [6.45, 7) is 0.928. The van der Waals surface area contributed by atoms with Crippen molar-refractivity contribution in [3.05, 3.63) is 12.7 Å². The lowest BCUT2D eigenvalue weighted by atomic mass is 10.3. The van der Waals surface area contributed by atoms with Crippen molar-refractivity contribution in [1.29, 1.82) is 0 Å². The minimum Gasteiger partial charge on any atom is -0.358 e. The minimum atomic E-state index is 0.703. The van der Waals surface area contributed by atoms with Gasteiger partial charge in [0.2, 0.25) is 0 Å². The van der Waals surface area contributed by atoms with E-state index in [9.17, 15) is 0 Å². The van der Waals surface area contributed by atoms with Crippen LogP contribution in [0.25, 0.3) is 11.2 Å². The molecule has 16 heavy (non-hydrogen) atoms. The number of aromatic amines is 1. The van der Waals surface area contributed by atoms with E-state index in [0.29, 0.717) is 11.5 Å². The first-order valence-electron chi connectivity index (χ1n) is 5.24. The van der Waals surface area contributed by atoms with Gasteiger partial charge in [-0.3, -0.25) is 0 Å². The molecule has 0 spiro atoms. The number of hydrogen-bond donors (Lipinski definition) is 1. The fraction of sp³-hybridized carbons (Fsp3) is 0.500. The first kappa shape index (κ1) is 11.1. The molecule has 0 amide bonds. The normalized spacial score (nSPS) is 10.9. The molecule has 5 nitrogen and oxygen atoms in total. The fourth-order valence-corrected chi connectivity index (χ4v) is 1.78. The zero-order chi connectivity index (χ0) is 11.4. The number of nitrogens with one attached hydrogen (secondary N) is 1. The van der Waals surface area contributed by atoms with Gasteiger partial charge in [-0.05, 0) is 12.8 Å². The molecule has 0 saturated carbocycles. The molecule has 0 radical (unpaired) electrons. The number of aromatic nitrogens is 4. The van der Waals surface area contributed by atoms with Crippen LogP contribution in [0.1, 0.15) is 12.8 Å². The van der Waals surface area contributed by atoms with Gasteiger partial charge < -0.3 is 9.88 Å². The Kier molecular flexibility index (Phi) is 3.56. The van der Waals surface area contributed by atoms with Crippen molar-refractivity contribution >= 4 is 28.6 Å². The summed E-state index contributed by atoms with van der Waals surface area (Å²) in [6, 6.07) is 0. The number of hydrogen-bond acceptors (Lipinski definition) is 4. The van der Waals surface area contributed by atoms with Crippen LogP contribution in [0.2, 0.25) is 0 Å². The van der Waals surface area contributed by atoms with Gasteiger partial charge in [-0.15, -0.1) is 11.6 Å². The second-order valence-corrected chi connectivity index (χ2v) is 3.99. The molecule has 0 unspecified atom stereocenters. The highest BCUT2D eigenvalue weighted by atomic mass is 35.5. The molecule has 0 saturated heterocycles. The number of fused-ring (bicyclic) bond motifs is 1. The minimum absolute atomic E-state index is 0.703. The van der Waals surface area contributed by atoms with E-state index in [0.717, 1.165) is 30.7 Å². The number of nitrogens with zero attached hydrogens (tertiary/aromatic N) is 4. The highest BCUT2D eigenvalue weighted by Gasteiger charge is 2.09. The van der Waals surface area contributed by atoms with E-state index in [-0.39, 0.29) is 0 Å². The topological polar surface area (TPSA) is 57.7 Å². The molecule has 0 aliphatic rings. The van der Waals surface area contributed by atoms with Gasteiger partial charge in [-0.2, -0.15) is 0 Å². The van der Waals surface area contributed by atoms with Crippen LogP contribution in [-0.4, -0.2) is 39.4 Å². The van der Waals surface area contributed by atoms with Gasteiger partial charge in [0.1, 0.15) is 11.8 Å². The fourth-order valence-electron chi connectivity index (χ4n) is 1.59. The third kappa shape index (κ3) is 2.24. The molecule has 86 valence electrons. The molecule has 0 bridgehead atoms. The molecule has 6 heteroatoms. The van der Waals surface area contributed by atoms with Crippen LogP contribution in [0.5, 0.6) is 0 Å². The number of anilines is 1. The summed E-state index contributed by atoms with van der Waals surface area (Å²) in [7, 11) is 2.01. The summed E-state index contributed by atoms with van der Waals surface area (Å²) in [5, 5.41) is 0. The van der Waals surface area contributed by atoms with Crippen LogP contribution in [0.3, 0.4) is 0 Å². The van der Waals surface area contributed by atoms with E-state index >= 15 is 0 Å².